The summed E-state index contributed by atoms with van der Waals surface area (Å²) < 4.78 is 0. The largest absolute Gasteiger partial charge is 0.348 e. The molecule has 8 heteroatoms. The van der Waals surface area contributed by atoms with E-state index in [0.717, 1.165) is 0 Å². The highest BCUT2D eigenvalue weighted by Crippen LogP contribution is 2.23. The Labute approximate surface area is 155 Å². The van der Waals surface area contributed by atoms with Crippen molar-refractivity contribution in [2.24, 2.45) is 0 Å². The number of nitrogens with one attached hydrogen (secondary N) is 1. The Hall–Kier alpha value is -2.18. The van der Waals surface area contributed by atoms with Gasteiger partial charge in [-0.1, -0.05) is 23.2 Å². The summed E-state index contributed by atoms with van der Waals surface area (Å²) >= 11 is 12.1. The van der Waals surface area contributed by atoms with Crippen LogP contribution in [0.3, 0.4) is 0 Å². The zero-order chi connectivity index (χ0) is 17.8. The molecule has 2 heterocycles. The number of piperidine rings is 1. The van der Waals surface area contributed by atoms with E-state index in [1.54, 1.807) is 23.1 Å². The summed E-state index contributed by atoms with van der Waals surface area (Å²) in [5.74, 6) is -0.401. The zero-order valence-corrected chi connectivity index (χ0v) is 14.8. The predicted octanol–water partition coefficient (Wildman–Crippen LogP) is 2.82. The average Bonchev–Trinajstić information content (AvgIpc) is 2.64. The van der Waals surface area contributed by atoms with Crippen molar-refractivity contribution in [3.63, 3.8) is 0 Å². The Balaban J connectivity index is 1.57. The lowest BCUT2D eigenvalue weighted by molar-refractivity contribution is 0.0698. The van der Waals surface area contributed by atoms with Crippen molar-refractivity contribution in [1.29, 1.82) is 0 Å². The van der Waals surface area contributed by atoms with E-state index in [-0.39, 0.29) is 23.6 Å². The second kappa shape index (κ2) is 7.80. The summed E-state index contributed by atoms with van der Waals surface area (Å²) in [6, 6.07) is 4.84. The van der Waals surface area contributed by atoms with E-state index >= 15 is 0 Å². The first-order chi connectivity index (χ1) is 12.0. The van der Waals surface area contributed by atoms with Gasteiger partial charge in [0.2, 0.25) is 0 Å². The van der Waals surface area contributed by atoms with Crippen molar-refractivity contribution < 1.29 is 9.59 Å². The van der Waals surface area contributed by atoms with Crippen LogP contribution in [-0.4, -0.2) is 45.8 Å². The van der Waals surface area contributed by atoms with Crippen molar-refractivity contribution in [1.82, 2.24) is 20.2 Å². The second-order valence-corrected chi connectivity index (χ2v) is 6.60. The molecule has 2 aromatic rings. The highest BCUT2D eigenvalue weighted by molar-refractivity contribution is 6.35. The van der Waals surface area contributed by atoms with Crippen LogP contribution in [0.4, 0.5) is 0 Å². The first-order valence-corrected chi connectivity index (χ1v) is 8.61. The fraction of sp³-hybridized carbons (Fsp3) is 0.294. The molecule has 0 radical (unpaired) electrons. The van der Waals surface area contributed by atoms with Crippen LogP contribution in [0.5, 0.6) is 0 Å². The number of carbonyl (C=O) groups is 2. The van der Waals surface area contributed by atoms with Crippen LogP contribution in [0.25, 0.3) is 0 Å². The molecule has 2 amide bonds. The molecule has 3 rings (SSSR count). The van der Waals surface area contributed by atoms with Gasteiger partial charge < -0.3 is 10.2 Å². The van der Waals surface area contributed by atoms with E-state index in [1.807, 2.05) is 0 Å². The minimum absolute atomic E-state index is 0.00612. The third-order valence-electron chi connectivity index (χ3n) is 4.07. The average molecular weight is 379 g/mol. The molecule has 1 aliphatic rings. The first kappa shape index (κ1) is 17.6. The van der Waals surface area contributed by atoms with Gasteiger partial charge >= 0.3 is 0 Å². The number of nitrogens with zero attached hydrogens (tertiary/aromatic N) is 3. The molecule has 1 saturated heterocycles. The number of likely N-dealkylation sites (tertiary alicyclic amines) is 1. The van der Waals surface area contributed by atoms with Gasteiger partial charge in [-0.15, -0.1) is 0 Å². The number of amides is 2. The summed E-state index contributed by atoms with van der Waals surface area (Å²) in [4.78, 5) is 34.3. The van der Waals surface area contributed by atoms with E-state index < -0.39 is 0 Å². The van der Waals surface area contributed by atoms with Crippen molar-refractivity contribution in [2.75, 3.05) is 13.1 Å². The van der Waals surface area contributed by atoms with Gasteiger partial charge in [0.05, 0.1) is 16.8 Å². The summed E-state index contributed by atoms with van der Waals surface area (Å²) in [6.07, 6.45) is 5.74. The second-order valence-electron chi connectivity index (χ2n) is 5.75. The molecule has 1 aromatic carbocycles. The number of hydrogen-bond acceptors (Lipinski definition) is 4. The van der Waals surface area contributed by atoms with Crippen LogP contribution >= 0.6 is 23.2 Å². The maximum atomic E-state index is 12.6. The normalized spacial score (nSPS) is 15.0. The lowest BCUT2D eigenvalue weighted by Gasteiger charge is -2.32. The standard InChI is InChI=1S/C17H16Cl2N4O2/c18-11-1-2-14(19)13(9-11)17(25)23-7-3-12(4-8-23)22-16(24)15-10-20-5-6-21-15/h1-2,5-6,9-10,12H,3-4,7-8H2,(H,22,24). The Morgan fingerprint density at radius 1 is 1.16 bits per heavy atom. The van der Waals surface area contributed by atoms with Gasteiger partial charge in [0.25, 0.3) is 11.8 Å². The van der Waals surface area contributed by atoms with Gasteiger partial charge in [-0.2, -0.15) is 0 Å². The van der Waals surface area contributed by atoms with Gasteiger partial charge in [0, 0.05) is 36.5 Å². The highest BCUT2D eigenvalue weighted by atomic mass is 35.5. The molecule has 130 valence electrons. The van der Waals surface area contributed by atoms with Crippen molar-refractivity contribution in [2.45, 2.75) is 18.9 Å². The topological polar surface area (TPSA) is 75.2 Å². The summed E-state index contributed by atoms with van der Waals surface area (Å²) in [7, 11) is 0. The molecule has 6 nitrogen and oxygen atoms in total. The van der Waals surface area contributed by atoms with E-state index in [1.165, 1.54) is 18.6 Å². The molecule has 0 spiro atoms. The third kappa shape index (κ3) is 4.27. The molecule has 0 unspecified atom stereocenters. The first-order valence-electron chi connectivity index (χ1n) is 7.86. The Bertz CT molecular complexity index is 777. The molecule has 0 aliphatic carbocycles. The molecule has 0 saturated carbocycles. The van der Waals surface area contributed by atoms with Crippen LogP contribution < -0.4 is 5.32 Å². The van der Waals surface area contributed by atoms with Crippen molar-refractivity contribution in [3.05, 3.63) is 58.1 Å². The molecule has 1 aliphatic heterocycles. The number of benzene rings is 1. The van der Waals surface area contributed by atoms with Crippen molar-refractivity contribution >= 4 is 35.0 Å². The Morgan fingerprint density at radius 2 is 1.92 bits per heavy atom. The summed E-state index contributed by atoms with van der Waals surface area (Å²) in [5, 5.41) is 3.78. The van der Waals surface area contributed by atoms with Crippen LogP contribution in [0.15, 0.2) is 36.8 Å². The number of hydrogen-bond donors (Lipinski definition) is 1. The molecule has 0 bridgehead atoms. The van der Waals surface area contributed by atoms with Gasteiger partial charge in [0.1, 0.15) is 5.69 Å². The summed E-state index contributed by atoms with van der Waals surface area (Å²) in [6.45, 7) is 1.07. The van der Waals surface area contributed by atoms with E-state index in [4.69, 9.17) is 23.2 Å². The van der Waals surface area contributed by atoms with Gasteiger partial charge in [-0.25, -0.2) is 4.98 Å². The fourth-order valence-electron chi connectivity index (χ4n) is 2.73. The van der Waals surface area contributed by atoms with Crippen LogP contribution in [0.1, 0.15) is 33.7 Å². The SMILES string of the molecule is O=C(NC1CCN(C(=O)c2cc(Cl)ccc2Cl)CC1)c1cnccn1. The van der Waals surface area contributed by atoms with Crippen LogP contribution in [0.2, 0.25) is 10.0 Å². The highest BCUT2D eigenvalue weighted by Gasteiger charge is 2.26. The van der Waals surface area contributed by atoms with E-state index in [0.29, 0.717) is 41.5 Å². The fourth-order valence-corrected chi connectivity index (χ4v) is 3.10. The van der Waals surface area contributed by atoms with E-state index in [2.05, 4.69) is 15.3 Å². The lowest BCUT2D eigenvalue weighted by Crippen LogP contribution is -2.46. The maximum Gasteiger partial charge on any atom is 0.271 e. The lowest BCUT2D eigenvalue weighted by atomic mass is 10.0. The summed E-state index contributed by atoms with van der Waals surface area (Å²) in [5.41, 5.74) is 0.683. The Morgan fingerprint density at radius 3 is 2.60 bits per heavy atom. The molecular weight excluding hydrogens is 363 g/mol. The molecule has 25 heavy (non-hydrogen) atoms. The number of aromatic nitrogens is 2. The zero-order valence-electron chi connectivity index (χ0n) is 13.3. The van der Waals surface area contributed by atoms with Crippen LogP contribution in [-0.2, 0) is 0 Å². The molecule has 1 aromatic heterocycles. The monoisotopic (exact) mass is 378 g/mol. The molecule has 1 N–H and O–H groups in total. The minimum Gasteiger partial charge on any atom is -0.348 e. The van der Waals surface area contributed by atoms with E-state index in [9.17, 15) is 9.59 Å². The maximum absolute atomic E-state index is 12.6. The van der Waals surface area contributed by atoms with Gasteiger partial charge in [-0.05, 0) is 31.0 Å². The van der Waals surface area contributed by atoms with Gasteiger partial charge in [-0.3, -0.25) is 14.6 Å². The quantitative estimate of drug-likeness (QED) is 0.890. The third-order valence-corrected chi connectivity index (χ3v) is 4.64. The number of carbonyl (C=O) groups excluding carboxylic acids is 2. The number of halogens is 2. The predicted molar refractivity (Wildman–Crippen MR) is 94.9 cm³/mol. The van der Waals surface area contributed by atoms with Crippen LogP contribution in [0, 0.1) is 0 Å². The molecular formula is C17H16Cl2N4O2. The van der Waals surface area contributed by atoms with Gasteiger partial charge in [0.15, 0.2) is 0 Å². The minimum atomic E-state index is -0.254. The number of rotatable bonds is 3. The molecule has 0 atom stereocenters. The Kier molecular flexibility index (Phi) is 5.50. The molecule has 1 fully saturated rings. The smallest absolute Gasteiger partial charge is 0.271 e. The van der Waals surface area contributed by atoms with Crippen molar-refractivity contribution in [3.8, 4) is 0 Å².